The Morgan fingerprint density at radius 1 is 1.15 bits per heavy atom. The molecule has 4 heteroatoms. The van der Waals surface area contributed by atoms with Crippen LogP contribution in [0.4, 0.5) is 0 Å². The molecule has 0 radical (unpaired) electrons. The molecule has 1 amide bonds. The van der Waals surface area contributed by atoms with Crippen LogP contribution in [0, 0.1) is 0 Å². The molecule has 2 unspecified atom stereocenters. The van der Waals surface area contributed by atoms with Crippen molar-refractivity contribution < 1.29 is 9.53 Å². The summed E-state index contributed by atoms with van der Waals surface area (Å²) in [5, 5.41) is 2.91. The van der Waals surface area contributed by atoms with Crippen molar-refractivity contribution in [1.82, 2.24) is 10.3 Å². The minimum atomic E-state index is -0.545. The molecule has 20 heavy (non-hydrogen) atoms. The zero-order valence-corrected chi connectivity index (χ0v) is 11.6. The molecule has 1 N–H and O–H groups in total. The van der Waals surface area contributed by atoms with Crippen LogP contribution in [0.1, 0.15) is 25.5 Å². The Balaban J connectivity index is 1.91. The highest BCUT2D eigenvalue weighted by Gasteiger charge is 2.17. The molecule has 0 saturated carbocycles. The summed E-state index contributed by atoms with van der Waals surface area (Å²) in [6.45, 7) is 3.66. The number of hydrogen-bond acceptors (Lipinski definition) is 3. The first-order valence-corrected chi connectivity index (χ1v) is 6.59. The molecule has 2 aromatic rings. The van der Waals surface area contributed by atoms with Gasteiger partial charge in [0.15, 0.2) is 6.10 Å². The van der Waals surface area contributed by atoms with Crippen molar-refractivity contribution in [2.24, 2.45) is 0 Å². The molecule has 1 heterocycles. The topological polar surface area (TPSA) is 51.2 Å². The summed E-state index contributed by atoms with van der Waals surface area (Å²) in [4.78, 5) is 16.1. The molecule has 0 aliphatic rings. The number of ether oxygens (including phenoxy) is 1. The van der Waals surface area contributed by atoms with Gasteiger partial charge in [-0.05, 0) is 37.6 Å². The Kier molecular flexibility index (Phi) is 4.71. The number of nitrogens with one attached hydrogen (secondary N) is 1. The highest BCUT2D eigenvalue weighted by atomic mass is 16.5. The minimum absolute atomic E-state index is 0.0991. The molecular formula is C16H18N2O2. The molecule has 0 saturated heterocycles. The summed E-state index contributed by atoms with van der Waals surface area (Å²) in [6, 6.07) is 13.0. The third-order valence-electron chi connectivity index (χ3n) is 2.97. The van der Waals surface area contributed by atoms with Gasteiger partial charge < -0.3 is 10.1 Å². The molecule has 2 atom stereocenters. The van der Waals surface area contributed by atoms with Crippen LogP contribution in [0.5, 0.6) is 5.75 Å². The second-order valence-electron chi connectivity index (χ2n) is 4.59. The van der Waals surface area contributed by atoms with Gasteiger partial charge in [0.2, 0.25) is 0 Å². The fourth-order valence-corrected chi connectivity index (χ4v) is 1.80. The van der Waals surface area contributed by atoms with E-state index >= 15 is 0 Å². The number of hydrogen-bond donors (Lipinski definition) is 1. The van der Waals surface area contributed by atoms with Crippen LogP contribution in [0.2, 0.25) is 0 Å². The molecule has 1 aromatic heterocycles. The lowest BCUT2D eigenvalue weighted by Crippen LogP contribution is -2.37. The molecule has 0 aliphatic heterocycles. The van der Waals surface area contributed by atoms with Gasteiger partial charge in [-0.3, -0.25) is 9.78 Å². The van der Waals surface area contributed by atoms with Crippen LogP contribution in [0.3, 0.4) is 0 Å². The number of carbonyl (C=O) groups excluding carboxylic acids is 1. The number of para-hydroxylation sites is 1. The fraction of sp³-hybridized carbons (Fsp3) is 0.250. The third kappa shape index (κ3) is 3.82. The predicted octanol–water partition coefficient (Wildman–Crippen LogP) is 2.73. The number of rotatable bonds is 5. The van der Waals surface area contributed by atoms with Crippen molar-refractivity contribution >= 4 is 5.91 Å². The van der Waals surface area contributed by atoms with E-state index in [2.05, 4.69) is 10.3 Å². The maximum absolute atomic E-state index is 12.1. The second-order valence-corrected chi connectivity index (χ2v) is 4.59. The molecule has 104 valence electrons. The lowest BCUT2D eigenvalue weighted by molar-refractivity contribution is -0.127. The van der Waals surface area contributed by atoms with Crippen molar-refractivity contribution in [3.8, 4) is 5.75 Å². The van der Waals surface area contributed by atoms with Gasteiger partial charge in [-0.1, -0.05) is 24.3 Å². The van der Waals surface area contributed by atoms with Crippen LogP contribution in [0.25, 0.3) is 0 Å². The minimum Gasteiger partial charge on any atom is -0.481 e. The monoisotopic (exact) mass is 270 g/mol. The van der Waals surface area contributed by atoms with E-state index in [0.717, 1.165) is 5.56 Å². The molecule has 0 spiro atoms. The van der Waals surface area contributed by atoms with Gasteiger partial charge in [0.05, 0.1) is 6.04 Å². The number of benzene rings is 1. The first kappa shape index (κ1) is 14.1. The van der Waals surface area contributed by atoms with E-state index in [0.29, 0.717) is 5.75 Å². The zero-order valence-electron chi connectivity index (χ0n) is 11.6. The Morgan fingerprint density at radius 2 is 1.90 bits per heavy atom. The van der Waals surface area contributed by atoms with Gasteiger partial charge >= 0.3 is 0 Å². The summed E-state index contributed by atoms with van der Waals surface area (Å²) in [6.07, 6.45) is 2.91. The second kappa shape index (κ2) is 6.70. The average molecular weight is 270 g/mol. The van der Waals surface area contributed by atoms with Gasteiger partial charge in [-0.25, -0.2) is 0 Å². The number of carbonyl (C=O) groups is 1. The average Bonchev–Trinajstić information content (AvgIpc) is 2.49. The summed E-state index contributed by atoms with van der Waals surface area (Å²) in [5.41, 5.74) is 0.966. The Hall–Kier alpha value is -2.36. The largest absolute Gasteiger partial charge is 0.481 e. The van der Waals surface area contributed by atoms with Gasteiger partial charge in [0, 0.05) is 12.4 Å². The van der Waals surface area contributed by atoms with Gasteiger partial charge in [-0.15, -0.1) is 0 Å². The van der Waals surface area contributed by atoms with Crippen LogP contribution in [0.15, 0.2) is 54.9 Å². The Bertz CT molecular complexity index is 543. The van der Waals surface area contributed by atoms with Crippen molar-refractivity contribution in [1.29, 1.82) is 0 Å². The van der Waals surface area contributed by atoms with Gasteiger partial charge in [-0.2, -0.15) is 0 Å². The molecule has 0 aliphatic carbocycles. The Morgan fingerprint density at radius 3 is 2.55 bits per heavy atom. The molecular weight excluding hydrogens is 252 g/mol. The fourth-order valence-electron chi connectivity index (χ4n) is 1.80. The van der Waals surface area contributed by atoms with Crippen LogP contribution < -0.4 is 10.1 Å². The number of nitrogens with zero attached hydrogens (tertiary/aromatic N) is 1. The first-order chi connectivity index (χ1) is 9.66. The maximum Gasteiger partial charge on any atom is 0.261 e. The zero-order chi connectivity index (χ0) is 14.4. The summed E-state index contributed by atoms with van der Waals surface area (Å²) >= 11 is 0. The molecule has 4 nitrogen and oxygen atoms in total. The van der Waals surface area contributed by atoms with Crippen molar-refractivity contribution in [2.45, 2.75) is 26.0 Å². The quantitative estimate of drug-likeness (QED) is 0.909. The first-order valence-electron chi connectivity index (χ1n) is 6.59. The van der Waals surface area contributed by atoms with E-state index in [1.807, 2.05) is 49.4 Å². The lowest BCUT2D eigenvalue weighted by Gasteiger charge is -2.18. The van der Waals surface area contributed by atoms with Gasteiger partial charge in [0.1, 0.15) is 5.75 Å². The van der Waals surface area contributed by atoms with E-state index in [1.54, 1.807) is 19.3 Å². The van der Waals surface area contributed by atoms with Gasteiger partial charge in [0.25, 0.3) is 5.91 Å². The predicted molar refractivity (Wildman–Crippen MR) is 77.3 cm³/mol. The van der Waals surface area contributed by atoms with Crippen molar-refractivity contribution in [2.75, 3.05) is 0 Å². The standard InChI is InChI=1S/C16H18N2O2/c1-12(14-7-6-10-17-11-14)18-16(19)13(2)20-15-8-4-3-5-9-15/h3-13H,1-2H3,(H,18,19). The van der Waals surface area contributed by atoms with E-state index in [4.69, 9.17) is 4.74 Å². The van der Waals surface area contributed by atoms with Crippen molar-refractivity contribution in [3.63, 3.8) is 0 Å². The van der Waals surface area contributed by atoms with Crippen LogP contribution in [-0.4, -0.2) is 17.0 Å². The van der Waals surface area contributed by atoms with Crippen LogP contribution >= 0.6 is 0 Å². The van der Waals surface area contributed by atoms with E-state index in [1.165, 1.54) is 0 Å². The van der Waals surface area contributed by atoms with Crippen molar-refractivity contribution in [3.05, 3.63) is 60.4 Å². The molecule has 2 rings (SSSR count). The van der Waals surface area contributed by atoms with E-state index in [-0.39, 0.29) is 11.9 Å². The number of pyridine rings is 1. The smallest absolute Gasteiger partial charge is 0.261 e. The third-order valence-corrected chi connectivity index (χ3v) is 2.97. The Labute approximate surface area is 118 Å². The maximum atomic E-state index is 12.1. The van der Waals surface area contributed by atoms with E-state index in [9.17, 15) is 4.79 Å². The molecule has 1 aromatic carbocycles. The summed E-state index contributed by atoms with van der Waals surface area (Å²) < 4.78 is 5.59. The molecule has 0 fully saturated rings. The normalized spacial score (nSPS) is 13.3. The highest BCUT2D eigenvalue weighted by Crippen LogP contribution is 2.13. The highest BCUT2D eigenvalue weighted by molar-refractivity contribution is 5.81. The van der Waals surface area contributed by atoms with E-state index < -0.39 is 6.10 Å². The molecule has 0 bridgehead atoms. The van der Waals surface area contributed by atoms with Crippen LogP contribution in [-0.2, 0) is 4.79 Å². The number of amides is 1. The number of aromatic nitrogens is 1. The lowest BCUT2D eigenvalue weighted by atomic mass is 10.1. The SMILES string of the molecule is CC(Oc1ccccc1)C(=O)NC(C)c1cccnc1. The summed E-state index contributed by atoms with van der Waals surface area (Å²) in [7, 11) is 0. The summed E-state index contributed by atoms with van der Waals surface area (Å²) in [5.74, 6) is 0.536.